The number of nitrogens with zero attached hydrogens (tertiary/aromatic N) is 1. The molecule has 0 aliphatic carbocycles. The maximum Gasteiger partial charge on any atom is 0.282 e. The van der Waals surface area contributed by atoms with Gasteiger partial charge in [0, 0.05) is 12.7 Å². The van der Waals surface area contributed by atoms with Gasteiger partial charge in [-0.3, -0.25) is 4.72 Å². The molecular weight excluding hydrogens is 288 g/mol. The van der Waals surface area contributed by atoms with Crippen LogP contribution in [0.15, 0.2) is 41.6 Å². The van der Waals surface area contributed by atoms with Crippen molar-refractivity contribution < 1.29 is 17.2 Å². The Labute approximate surface area is 114 Å². The minimum Gasteiger partial charge on any atom is -0.326 e. The largest absolute Gasteiger partial charge is 0.326 e. The van der Waals surface area contributed by atoms with E-state index in [0.29, 0.717) is 5.56 Å². The van der Waals surface area contributed by atoms with Crippen LogP contribution >= 0.6 is 0 Å². The smallest absolute Gasteiger partial charge is 0.282 e. The number of aromatic nitrogens is 1. The van der Waals surface area contributed by atoms with Crippen LogP contribution in [0.2, 0.25) is 0 Å². The van der Waals surface area contributed by atoms with Gasteiger partial charge in [0.25, 0.3) is 10.0 Å². The van der Waals surface area contributed by atoms with Gasteiger partial charge in [-0.25, -0.2) is 13.8 Å². The van der Waals surface area contributed by atoms with Crippen LogP contribution in [-0.2, 0) is 16.6 Å². The minimum atomic E-state index is -4.29. The van der Waals surface area contributed by atoms with Gasteiger partial charge in [0.05, 0.1) is 5.69 Å². The van der Waals surface area contributed by atoms with Gasteiger partial charge in [-0.1, -0.05) is 6.07 Å². The number of anilines is 1. The molecule has 0 aliphatic rings. The van der Waals surface area contributed by atoms with E-state index in [-0.39, 0.29) is 12.2 Å². The van der Waals surface area contributed by atoms with Gasteiger partial charge in [-0.15, -0.1) is 0 Å². The summed E-state index contributed by atoms with van der Waals surface area (Å²) in [6, 6.07) is 6.00. The van der Waals surface area contributed by atoms with Crippen molar-refractivity contribution in [2.24, 2.45) is 5.73 Å². The van der Waals surface area contributed by atoms with Gasteiger partial charge >= 0.3 is 0 Å². The normalized spacial score (nSPS) is 11.3. The third-order valence-electron chi connectivity index (χ3n) is 2.49. The molecule has 106 valence electrons. The van der Waals surface area contributed by atoms with Crippen LogP contribution in [0.3, 0.4) is 0 Å². The molecular formula is C12H11F2N3O2S. The van der Waals surface area contributed by atoms with E-state index in [2.05, 4.69) is 4.98 Å². The summed E-state index contributed by atoms with van der Waals surface area (Å²) in [6.07, 6.45) is 1.13. The van der Waals surface area contributed by atoms with Crippen LogP contribution < -0.4 is 10.5 Å². The van der Waals surface area contributed by atoms with Crippen LogP contribution in [0, 0.1) is 11.6 Å². The van der Waals surface area contributed by atoms with E-state index in [1.165, 1.54) is 18.2 Å². The van der Waals surface area contributed by atoms with Crippen molar-refractivity contribution in [1.82, 2.24) is 4.98 Å². The number of pyridine rings is 1. The molecule has 1 heterocycles. The van der Waals surface area contributed by atoms with Crippen molar-refractivity contribution in [2.75, 3.05) is 4.72 Å². The number of nitrogens with two attached hydrogens (primary N) is 1. The number of rotatable bonds is 4. The summed E-state index contributed by atoms with van der Waals surface area (Å²) in [7, 11) is -4.29. The summed E-state index contributed by atoms with van der Waals surface area (Å²) in [5, 5.41) is -0.790. The lowest BCUT2D eigenvalue weighted by Crippen LogP contribution is -2.17. The Bertz CT molecular complexity index is 735. The second kappa shape index (κ2) is 5.51. The molecule has 8 heteroatoms. The summed E-state index contributed by atoms with van der Waals surface area (Å²) in [4.78, 5) is 3.44. The quantitative estimate of drug-likeness (QED) is 0.898. The zero-order valence-electron chi connectivity index (χ0n) is 10.2. The number of halogens is 2. The predicted molar refractivity (Wildman–Crippen MR) is 69.3 cm³/mol. The molecule has 2 aromatic rings. The van der Waals surface area contributed by atoms with Gasteiger partial charge in [-0.2, -0.15) is 8.42 Å². The van der Waals surface area contributed by atoms with Crippen LogP contribution in [0.4, 0.5) is 14.5 Å². The van der Waals surface area contributed by atoms with Crippen LogP contribution in [0.1, 0.15) is 5.56 Å². The summed E-state index contributed by atoms with van der Waals surface area (Å²) in [5.74, 6) is -1.81. The second-order valence-electron chi connectivity index (χ2n) is 3.91. The third kappa shape index (κ3) is 2.91. The van der Waals surface area contributed by atoms with E-state index in [1.54, 1.807) is 0 Å². The molecule has 5 nitrogen and oxygen atoms in total. The van der Waals surface area contributed by atoms with E-state index in [9.17, 15) is 17.2 Å². The Hall–Kier alpha value is -2.06. The molecule has 0 unspecified atom stereocenters. The summed E-state index contributed by atoms with van der Waals surface area (Å²) in [5.41, 5.74) is 5.55. The zero-order chi connectivity index (χ0) is 14.8. The molecule has 0 saturated carbocycles. The van der Waals surface area contributed by atoms with Gasteiger partial charge in [0.1, 0.15) is 5.82 Å². The molecule has 0 bridgehead atoms. The fourth-order valence-corrected chi connectivity index (χ4v) is 2.61. The van der Waals surface area contributed by atoms with E-state index >= 15 is 0 Å². The average Bonchev–Trinajstić information content (AvgIpc) is 2.41. The van der Waals surface area contributed by atoms with Crippen molar-refractivity contribution in [1.29, 1.82) is 0 Å². The van der Waals surface area contributed by atoms with Gasteiger partial charge in [0.15, 0.2) is 5.82 Å². The molecule has 2 rings (SSSR count). The fourth-order valence-electron chi connectivity index (χ4n) is 1.53. The number of nitrogens with one attached hydrogen (secondary N) is 1. The first-order valence-electron chi connectivity index (χ1n) is 5.56. The average molecular weight is 299 g/mol. The molecule has 0 saturated heterocycles. The van der Waals surface area contributed by atoms with Gasteiger partial charge in [-0.05, 0) is 29.8 Å². The van der Waals surface area contributed by atoms with Crippen molar-refractivity contribution >= 4 is 15.7 Å². The molecule has 1 aromatic heterocycles. The highest BCUT2D eigenvalue weighted by Gasteiger charge is 2.21. The first-order valence-corrected chi connectivity index (χ1v) is 7.04. The molecule has 3 N–H and O–H groups in total. The Morgan fingerprint density at radius 2 is 1.95 bits per heavy atom. The molecule has 0 amide bonds. The van der Waals surface area contributed by atoms with Crippen LogP contribution in [0.5, 0.6) is 0 Å². The summed E-state index contributed by atoms with van der Waals surface area (Å²) < 4.78 is 52.9. The van der Waals surface area contributed by atoms with Crippen LogP contribution in [0.25, 0.3) is 0 Å². The van der Waals surface area contributed by atoms with Crippen molar-refractivity contribution in [3.63, 3.8) is 0 Å². The molecule has 1 aromatic carbocycles. The molecule has 0 aliphatic heterocycles. The monoisotopic (exact) mass is 299 g/mol. The lowest BCUT2D eigenvalue weighted by Gasteiger charge is -2.09. The van der Waals surface area contributed by atoms with E-state index in [4.69, 9.17) is 5.73 Å². The highest BCUT2D eigenvalue weighted by Crippen LogP contribution is 2.20. The summed E-state index contributed by atoms with van der Waals surface area (Å²) in [6.45, 7) is 0.124. The number of hydrogen-bond acceptors (Lipinski definition) is 4. The maximum absolute atomic E-state index is 13.7. The van der Waals surface area contributed by atoms with E-state index < -0.39 is 26.7 Å². The SMILES string of the molecule is NCc1ccc(NS(=O)(=O)c2ncccc2F)c(F)c1. The molecule has 0 atom stereocenters. The maximum atomic E-state index is 13.7. The predicted octanol–water partition coefficient (Wildman–Crippen LogP) is 1.62. The summed E-state index contributed by atoms with van der Waals surface area (Å²) >= 11 is 0. The zero-order valence-corrected chi connectivity index (χ0v) is 11.0. The first kappa shape index (κ1) is 14.4. The highest BCUT2D eigenvalue weighted by atomic mass is 32.2. The van der Waals surface area contributed by atoms with Crippen molar-refractivity contribution in [2.45, 2.75) is 11.6 Å². The minimum absolute atomic E-state index is 0.124. The lowest BCUT2D eigenvalue weighted by atomic mass is 10.2. The number of sulfonamides is 1. The Balaban J connectivity index is 2.36. The number of benzene rings is 1. The van der Waals surface area contributed by atoms with Crippen molar-refractivity contribution in [3.05, 3.63) is 53.7 Å². The highest BCUT2D eigenvalue weighted by molar-refractivity contribution is 7.92. The van der Waals surface area contributed by atoms with E-state index in [0.717, 1.165) is 18.3 Å². The van der Waals surface area contributed by atoms with Crippen LogP contribution in [-0.4, -0.2) is 13.4 Å². The van der Waals surface area contributed by atoms with Crippen molar-refractivity contribution in [3.8, 4) is 0 Å². The Kier molecular flexibility index (Phi) is 3.96. The molecule has 0 radical (unpaired) electrons. The molecule has 0 fully saturated rings. The first-order chi connectivity index (χ1) is 9.44. The molecule has 0 spiro atoms. The fraction of sp³-hybridized carbons (Fsp3) is 0.0833. The Morgan fingerprint density at radius 3 is 2.55 bits per heavy atom. The van der Waals surface area contributed by atoms with Gasteiger partial charge in [0.2, 0.25) is 5.03 Å². The topological polar surface area (TPSA) is 85.1 Å². The third-order valence-corrected chi connectivity index (χ3v) is 3.79. The second-order valence-corrected chi connectivity index (χ2v) is 5.51. The molecule has 20 heavy (non-hydrogen) atoms. The standard InChI is InChI=1S/C12H11F2N3O2S/c13-9-2-1-5-16-12(9)20(18,19)17-11-4-3-8(7-15)6-10(11)14/h1-6,17H,7,15H2. The van der Waals surface area contributed by atoms with E-state index in [1.807, 2.05) is 4.72 Å². The Morgan fingerprint density at radius 1 is 1.20 bits per heavy atom. The number of hydrogen-bond donors (Lipinski definition) is 2. The lowest BCUT2D eigenvalue weighted by molar-refractivity contribution is 0.556. The van der Waals surface area contributed by atoms with Gasteiger partial charge < -0.3 is 5.73 Å².